The van der Waals surface area contributed by atoms with Gasteiger partial charge in [-0.15, -0.1) is 11.3 Å². The van der Waals surface area contributed by atoms with Crippen molar-refractivity contribution in [3.8, 4) is 0 Å². The molecule has 1 fully saturated rings. The largest absolute Gasteiger partial charge is 0.316 e. The summed E-state index contributed by atoms with van der Waals surface area (Å²) in [5, 5.41) is 3.47. The van der Waals surface area contributed by atoms with Crippen LogP contribution in [-0.4, -0.2) is 18.1 Å². The fourth-order valence-electron chi connectivity index (χ4n) is 1.69. The smallest absolute Gasteiger partial charge is 0.0794 e. The minimum Gasteiger partial charge on any atom is -0.316 e. The minimum absolute atomic E-state index is 0.817. The summed E-state index contributed by atoms with van der Waals surface area (Å²) in [5.41, 5.74) is 1.93. The maximum atomic E-state index is 4.11. The summed E-state index contributed by atoms with van der Waals surface area (Å²) in [6.45, 7) is 4.56. The van der Waals surface area contributed by atoms with Crippen LogP contribution in [-0.2, 0) is 0 Å². The molecule has 1 heterocycles. The van der Waals surface area contributed by atoms with E-state index in [9.17, 15) is 0 Å². The molecule has 0 bridgehead atoms. The zero-order chi connectivity index (χ0) is 9.10. The van der Waals surface area contributed by atoms with E-state index in [0.29, 0.717) is 0 Å². The first-order valence-corrected chi connectivity index (χ1v) is 5.89. The van der Waals surface area contributed by atoms with E-state index in [4.69, 9.17) is 0 Å². The van der Waals surface area contributed by atoms with Crippen molar-refractivity contribution < 1.29 is 0 Å². The first-order valence-electron chi connectivity index (χ1n) is 5.01. The van der Waals surface area contributed by atoms with Crippen LogP contribution >= 0.6 is 11.3 Å². The predicted octanol–water partition coefficient (Wildman–Crippen LogP) is 2.25. The molecule has 1 saturated carbocycles. The molecule has 1 N–H and O–H groups in total. The summed E-state index contributed by atoms with van der Waals surface area (Å²) in [4.78, 5) is 5.59. The summed E-state index contributed by atoms with van der Waals surface area (Å²) in [6.07, 6.45) is 4.62. The van der Waals surface area contributed by atoms with Gasteiger partial charge in [-0.05, 0) is 37.8 Å². The number of aromatic nitrogens is 1. The second-order valence-electron chi connectivity index (χ2n) is 3.71. The van der Waals surface area contributed by atoms with E-state index in [1.54, 1.807) is 11.3 Å². The molecule has 2 unspecified atom stereocenters. The highest BCUT2D eigenvalue weighted by Gasteiger charge is 2.38. The van der Waals surface area contributed by atoms with Crippen LogP contribution in [0.3, 0.4) is 0 Å². The van der Waals surface area contributed by atoms with Crippen LogP contribution in [0.15, 0.2) is 11.7 Å². The third-order valence-corrected chi connectivity index (χ3v) is 3.48. The van der Waals surface area contributed by atoms with Gasteiger partial charge in [0, 0.05) is 11.1 Å². The number of hydrogen-bond acceptors (Lipinski definition) is 3. The number of nitrogens with one attached hydrogen (secondary N) is 1. The van der Waals surface area contributed by atoms with Crippen molar-refractivity contribution >= 4 is 11.3 Å². The van der Waals surface area contributed by atoms with E-state index in [0.717, 1.165) is 18.4 Å². The molecule has 1 aliphatic carbocycles. The third-order valence-electron chi connectivity index (χ3n) is 2.57. The molecule has 1 aromatic heterocycles. The van der Waals surface area contributed by atoms with E-state index >= 15 is 0 Å². The SMILES string of the molecule is CCCNCC1CC1c1cncs1. The Bertz CT molecular complexity index is 245. The second-order valence-corrected chi connectivity index (χ2v) is 4.63. The molecule has 1 aromatic rings. The molecule has 13 heavy (non-hydrogen) atoms. The van der Waals surface area contributed by atoms with Gasteiger partial charge in [-0.3, -0.25) is 4.98 Å². The van der Waals surface area contributed by atoms with Gasteiger partial charge in [-0.25, -0.2) is 0 Å². The monoisotopic (exact) mass is 196 g/mol. The maximum Gasteiger partial charge on any atom is 0.0794 e. The van der Waals surface area contributed by atoms with E-state index in [2.05, 4.69) is 17.2 Å². The topological polar surface area (TPSA) is 24.9 Å². The molecule has 1 aliphatic rings. The summed E-state index contributed by atoms with van der Waals surface area (Å²) < 4.78 is 0. The molecule has 2 nitrogen and oxygen atoms in total. The highest BCUT2D eigenvalue weighted by Crippen LogP contribution is 2.48. The predicted molar refractivity (Wildman–Crippen MR) is 56.1 cm³/mol. The van der Waals surface area contributed by atoms with Crippen molar-refractivity contribution in [1.29, 1.82) is 0 Å². The average Bonchev–Trinajstić information content (AvgIpc) is 2.72. The molecule has 0 amide bonds. The molecule has 2 rings (SSSR count). The lowest BCUT2D eigenvalue weighted by Crippen LogP contribution is -2.17. The number of nitrogens with zero attached hydrogens (tertiary/aromatic N) is 1. The minimum atomic E-state index is 0.817. The lowest BCUT2D eigenvalue weighted by molar-refractivity contribution is 0.621. The van der Waals surface area contributed by atoms with E-state index in [1.807, 2.05) is 11.7 Å². The number of thiazole rings is 1. The van der Waals surface area contributed by atoms with Gasteiger partial charge in [-0.2, -0.15) is 0 Å². The first kappa shape index (κ1) is 9.16. The molecule has 0 spiro atoms. The zero-order valence-electron chi connectivity index (χ0n) is 7.99. The van der Waals surface area contributed by atoms with Crippen LogP contribution in [0.5, 0.6) is 0 Å². The van der Waals surface area contributed by atoms with Crippen LogP contribution in [0, 0.1) is 5.92 Å². The van der Waals surface area contributed by atoms with Crippen LogP contribution in [0.25, 0.3) is 0 Å². The Kier molecular flexibility index (Phi) is 2.96. The maximum absolute atomic E-state index is 4.11. The normalized spacial score (nSPS) is 26.2. The van der Waals surface area contributed by atoms with Crippen molar-refractivity contribution in [2.24, 2.45) is 5.92 Å². The molecule has 0 aromatic carbocycles. The molecular weight excluding hydrogens is 180 g/mol. The summed E-state index contributed by atoms with van der Waals surface area (Å²) in [5.74, 6) is 1.70. The summed E-state index contributed by atoms with van der Waals surface area (Å²) >= 11 is 1.80. The molecule has 0 saturated heterocycles. The van der Waals surface area contributed by atoms with Crippen LogP contribution < -0.4 is 5.32 Å². The van der Waals surface area contributed by atoms with Gasteiger partial charge < -0.3 is 5.32 Å². The van der Waals surface area contributed by atoms with Crippen LogP contribution in [0.1, 0.15) is 30.6 Å². The Labute approximate surface area is 83.4 Å². The molecule has 0 aliphatic heterocycles. The van der Waals surface area contributed by atoms with Crippen molar-refractivity contribution in [2.75, 3.05) is 13.1 Å². The Hall–Kier alpha value is -0.410. The molecule has 0 radical (unpaired) electrons. The summed E-state index contributed by atoms with van der Waals surface area (Å²) in [6, 6.07) is 0. The van der Waals surface area contributed by atoms with Crippen molar-refractivity contribution in [3.63, 3.8) is 0 Å². The molecule has 2 atom stereocenters. The van der Waals surface area contributed by atoms with Gasteiger partial charge in [0.2, 0.25) is 0 Å². The van der Waals surface area contributed by atoms with Gasteiger partial charge >= 0.3 is 0 Å². The Morgan fingerprint density at radius 2 is 2.62 bits per heavy atom. The quantitative estimate of drug-likeness (QED) is 0.731. The molecule has 3 heteroatoms. The Morgan fingerprint density at radius 1 is 1.69 bits per heavy atom. The molecule has 72 valence electrons. The standard InChI is InChI=1S/C10H16N2S/c1-2-3-11-5-8-4-9(8)10-6-12-7-13-10/h6-9,11H,2-5H2,1H3. The first-order chi connectivity index (χ1) is 6.42. The van der Waals surface area contributed by atoms with Crippen LogP contribution in [0.4, 0.5) is 0 Å². The van der Waals surface area contributed by atoms with Gasteiger partial charge in [-0.1, -0.05) is 6.92 Å². The number of rotatable bonds is 5. The second kappa shape index (κ2) is 4.20. The highest BCUT2D eigenvalue weighted by molar-refractivity contribution is 7.09. The van der Waals surface area contributed by atoms with Gasteiger partial charge in [0.05, 0.1) is 5.51 Å². The van der Waals surface area contributed by atoms with Crippen molar-refractivity contribution in [3.05, 3.63) is 16.6 Å². The van der Waals surface area contributed by atoms with E-state index < -0.39 is 0 Å². The van der Waals surface area contributed by atoms with Crippen LogP contribution in [0.2, 0.25) is 0 Å². The van der Waals surface area contributed by atoms with E-state index in [-0.39, 0.29) is 0 Å². The third kappa shape index (κ3) is 2.29. The van der Waals surface area contributed by atoms with Gasteiger partial charge in [0.25, 0.3) is 0 Å². The van der Waals surface area contributed by atoms with Crippen molar-refractivity contribution in [2.45, 2.75) is 25.7 Å². The zero-order valence-corrected chi connectivity index (χ0v) is 8.81. The lowest BCUT2D eigenvalue weighted by Gasteiger charge is -2.00. The Morgan fingerprint density at radius 3 is 3.31 bits per heavy atom. The fourth-order valence-corrected chi connectivity index (χ4v) is 2.52. The highest BCUT2D eigenvalue weighted by atomic mass is 32.1. The Balaban J connectivity index is 1.71. The molecular formula is C10H16N2S. The average molecular weight is 196 g/mol. The summed E-state index contributed by atoms with van der Waals surface area (Å²) in [7, 11) is 0. The fraction of sp³-hybridized carbons (Fsp3) is 0.700. The van der Waals surface area contributed by atoms with Crippen molar-refractivity contribution in [1.82, 2.24) is 10.3 Å². The van der Waals surface area contributed by atoms with E-state index in [1.165, 1.54) is 24.3 Å². The van der Waals surface area contributed by atoms with Gasteiger partial charge in [0.1, 0.15) is 0 Å². The number of hydrogen-bond donors (Lipinski definition) is 1. The lowest BCUT2D eigenvalue weighted by atomic mass is 10.3. The van der Waals surface area contributed by atoms with Gasteiger partial charge in [0.15, 0.2) is 0 Å².